The number of nitrogens with one attached hydrogen (secondary N) is 1. The van der Waals surface area contributed by atoms with Crippen LogP contribution in [0.15, 0.2) is 18.2 Å². The Kier molecular flexibility index (Phi) is 4.52. The van der Waals surface area contributed by atoms with E-state index in [1.165, 1.54) is 0 Å². The smallest absolute Gasteiger partial charge is 0.213 e. The van der Waals surface area contributed by atoms with Crippen LogP contribution in [0, 0.1) is 0 Å². The molecule has 2 unspecified atom stereocenters. The van der Waals surface area contributed by atoms with Crippen LogP contribution in [0.3, 0.4) is 0 Å². The Labute approximate surface area is 119 Å². The van der Waals surface area contributed by atoms with Crippen molar-refractivity contribution in [2.45, 2.75) is 24.1 Å². The molecule has 112 valence electrons. The van der Waals surface area contributed by atoms with Crippen LogP contribution in [0.5, 0.6) is 11.5 Å². The first-order valence-electron chi connectivity index (χ1n) is 6.42. The van der Waals surface area contributed by atoms with Gasteiger partial charge in [-0.3, -0.25) is 0 Å². The fourth-order valence-electron chi connectivity index (χ4n) is 2.43. The van der Waals surface area contributed by atoms with Gasteiger partial charge in [0.15, 0.2) is 0 Å². The van der Waals surface area contributed by atoms with E-state index >= 15 is 0 Å². The Morgan fingerprint density at radius 1 is 1.15 bits per heavy atom. The number of hydrogen-bond donors (Lipinski definition) is 2. The average Bonchev–Trinajstić information content (AvgIpc) is 2.46. The van der Waals surface area contributed by atoms with Crippen molar-refractivity contribution in [3.8, 4) is 11.5 Å². The summed E-state index contributed by atoms with van der Waals surface area (Å²) in [6.45, 7) is 0.364. The first kappa shape index (κ1) is 15.1. The van der Waals surface area contributed by atoms with E-state index in [9.17, 15) is 8.42 Å². The van der Waals surface area contributed by atoms with Gasteiger partial charge in [0.25, 0.3) is 0 Å². The van der Waals surface area contributed by atoms with E-state index in [-0.39, 0.29) is 6.04 Å². The van der Waals surface area contributed by atoms with E-state index in [4.69, 9.17) is 14.6 Å². The Morgan fingerprint density at radius 3 is 2.15 bits per heavy atom. The van der Waals surface area contributed by atoms with E-state index in [1.807, 2.05) is 12.1 Å². The topological polar surface area (TPSA) is 90.7 Å². The van der Waals surface area contributed by atoms with Gasteiger partial charge in [-0.05, 0) is 30.5 Å². The molecule has 7 heteroatoms. The third kappa shape index (κ3) is 3.41. The highest BCUT2D eigenvalue weighted by atomic mass is 32.2. The molecule has 0 amide bonds. The quantitative estimate of drug-likeness (QED) is 0.857. The molecule has 1 aromatic carbocycles. The lowest BCUT2D eigenvalue weighted by molar-refractivity contribution is 0.382. The van der Waals surface area contributed by atoms with E-state index < -0.39 is 15.3 Å². The van der Waals surface area contributed by atoms with Crippen LogP contribution in [0.1, 0.15) is 24.4 Å². The Bertz CT molecular complexity index is 543. The van der Waals surface area contributed by atoms with Gasteiger partial charge in [-0.1, -0.05) is 0 Å². The molecule has 1 aliphatic heterocycles. The third-order valence-electron chi connectivity index (χ3n) is 3.61. The van der Waals surface area contributed by atoms with Gasteiger partial charge in [0.1, 0.15) is 11.5 Å². The zero-order valence-electron chi connectivity index (χ0n) is 11.6. The Balaban J connectivity index is 2.14. The minimum atomic E-state index is -3.47. The fourth-order valence-corrected chi connectivity index (χ4v) is 3.22. The van der Waals surface area contributed by atoms with E-state index in [0.717, 1.165) is 17.1 Å². The minimum absolute atomic E-state index is 0.0806. The highest BCUT2D eigenvalue weighted by Crippen LogP contribution is 2.31. The van der Waals surface area contributed by atoms with Crippen molar-refractivity contribution in [2.24, 2.45) is 5.14 Å². The fraction of sp³-hybridized carbons (Fsp3) is 0.538. The second-order valence-corrected chi connectivity index (χ2v) is 6.74. The normalized spacial score (nSPS) is 23.4. The molecule has 6 nitrogen and oxygen atoms in total. The maximum atomic E-state index is 11.3. The van der Waals surface area contributed by atoms with Crippen molar-refractivity contribution in [1.29, 1.82) is 0 Å². The van der Waals surface area contributed by atoms with Gasteiger partial charge in [0.05, 0.1) is 19.5 Å². The van der Waals surface area contributed by atoms with Crippen molar-refractivity contribution in [2.75, 3.05) is 20.8 Å². The number of primary sulfonamides is 1. The number of rotatable bonds is 4. The van der Waals surface area contributed by atoms with Gasteiger partial charge in [-0.2, -0.15) is 0 Å². The lowest BCUT2D eigenvalue weighted by atomic mass is 9.97. The molecule has 1 aliphatic rings. The van der Waals surface area contributed by atoms with Gasteiger partial charge >= 0.3 is 0 Å². The summed E-state index contributed by atoms with van der Waals surface area (Å²) < 4.78 is 33.1. The monoisotopic (exact) mass is 300 g/mol. The molecule has 0 aromatic heterocycles. The summed E-state index contributed by atoms with van der Waals surface area (Å²) in [6, 6.07) is 5.74. The Morgan fingerprint density at radius 2 is 1.75 bits per heavy atom. The van der Waals surface area contributed by atoms with Gasteiger partial charge in [0, 0.05) is 18.7 Å². The molecule has 0 aliphatic carbocycles. The summed E-state index contributed by atoms with van der Waals surface area (Å²) in [5.74, 6) is 1.43. The van der Waals surface area contributed by atoms with Crippen LogP contribution in [0.25, 0.3) is 0 Å². The summed E-state index contributed by atoms with van der Waals surface area (Å²) >= 11 is 0. The maximum Gasteiger partial charge on any atom is 0.213 e. The molecule has 1 saturated heterocycles. The number of benzene rings is 1. The van der Waals surface area contributed by atoms with E-state index in [0.29, 0.717) is 19.4 Å². The van der Waals surface area contributed by atoms with Gasteiger partial charge in [-0.15, -0.1) is 0 Å². The molecule has 2 rings (SSSR count). The number of piperidine rings is 1. The molecule has 2 atom stereocenters. The molecule has 1 fully saturated rings. The predicted molar refractivity (Wildman–Crippen MR) is 76.4 cm³/mol. The van der Waals surface area contributed by atoms with Crippen molar-refractivity contribution in [3.63, 3.8) is 0 Å². The highest BCUT2D eigenvalue weighted by Gasteiger charge is 2.29. The summed E-state index contributed by atoms with van der Waals surface area (Å²) in [7, 11) is -0.267. The first-order valence-corrected chi connectivity index (χ1v) is 8.03. The molecule has 0 spiro atoms. The van der Waals surface area contributed by atoms with E-state index in [2.05, 4.69) is 5.32 Å². The molecule has 20 heavy (non-hydrogen) atoms. The van der Waals surface area contributed by atoms with Crippen molar-refractivity contribution in [3.05, 3.63) is 23.8 Å². The molecule has 0 bridgehead atoms. The number of hydrogen-bond acceptors (Lipinski definition) is 5. The standard InChI is InChI=1S/C13H20N2O4S/c1-18-10-5-9(6-11(7-10)19-2)13-4-3-12(8-15-13)20(14,16)17/h5-7,12-13,15H,3-4,8H2,1-2H3,(H2,14,16,17). The van der Waals surface area contributed by atoms with E-state index in [1.54, 1.807) is 20.3 Å². The second kappa shape index (κ2) is 5.99. The zero-order chi connectivity index (χ0) is 14.8. The molecule has 3 N–H and O–H groups in total. The summed E-state index contributed by atoms with van der Waals surface area (Å²) in [4.78, 5) is 0. The third-order valence-corrected chi connectivity index (χ3v) is 4.94. The summed E-state index contributed by atoms with van der Waals surface area (Å²) in [6.07, 6.45) is 1.26. The van der Waals surface area contributed by atoms with Crippen LogP contribution >= 0.6 is 0 Å². The van der Waals surface area contributed by atoms with Crippen LogP contribution in [0.4, 0.5) is 0 Å². The lowest BCUT2D eigenvalue weighted by Crippen LogP contribution is -2.43. The van der Waals surface area contributed by atoms with Crippen molar-refractivity contribution >= 4 is 10.0 Å². The second-order valence-electron chi connectivity index (χ2n) is 4.90. The van der Waals surface area contributed by atoms with Crippen molar-refractivity contribution < 1.29 is 17.9 Å². The molecular formula is C13H20N2O4S. The molecule has 1 heterocycles. The van der Waals surface area contributed by atoms with Crippen LogP contribution in [-0.4, -0.2) is 34.4 Å². The molecular weight excluding hydrogens is 280 g/mol. The lowest BCUT2D eigenvalue weighted by Gasteiger charge is -2.29. The zero-order valence-corrected chi connectivity index (χ0v) is 12.4. The van der Waals surface area contributed by atoms with Crippen LogP contribution in [-0.2, 0) is 10.0 Å². The average molecular weight is 300 g/mol. The van der Waals surface area contributed by atoms with Crippen LogP contribution < -0.4 is 19.9 Å². The number of sulfonamides is 1. The van der Waals surface area contributed by atoms with Gasteiger partial charge in [0.2, 0.25) is 10.0 Å². The highest BCUT2D eigenvalue weighted by molar-refractivity contribution is 7.89. The van der Waals surface area contributed by atoms with Gasteiger partial charge < -0.3 is 14.8 Å². The first-order chi connectivity index (χ1) is 9.44. The van der Waals surface area contributed by atoms with Crippen molar-refractivity contribution in [1.82, 2.24) is 5.32 Å². The number of methoxy groups -OCH3 is 2. The summed E-state index contributed by atoms with van der Waals surface area (Å²) in [5, 5.41) is 7.89. The predicted octanol–water partition coefficient (Wildman–Crippen LogP) is 0.785. The maximum absolute atomic E-state index is 11.3. The Hall–Kier alpha value is -1.31. The van der Waals surface area contributed by atoms with Crippen LogP contribution in [0.2, 0.25) is 0 Å². The molecule has 0 radical (unpaired) electrons. The SMILES string of the molecule is COc1cc(OC)cc(C2CCC(S(N)(=O)=O)CN2)c1. The molecule has 1 aromatic rings. The molecule has 0 saturated carbocycles. The van der Waals surface area contributed by atoms with Gasteiger partial charge in [-0.25, -0.2) is 13.6 Å². The largest absolute Gasteiger partial charge is 0.497 e. The number of nitrogens with two attached hydrogens (primary N) is 1. The number of ether oxygens (including phenoxy) is 2. The summed E-state index contributed by atoms with van der Waals surface area (Å²) in [5.41, 5.74) is 1.02. The minimum Gasteiger partial charge on any atom is -0.497 e.